The van der Waals surface area contributed by atoms with Gasteiger partial charge in [-0.2, -0.15) is 0 Å². The predicted octanol–water partition coefficient (Wildman–Crippen LogP) is 2.85. The van der Waals surface area contributed by atoms with Crippen molar-refractivity contribution >= 4 is 11.7 Å². The molecule has 2 aromatic heterocycles. The van der Waals surface area contributed by atoms with Crippen molar-refractivity contribution in [2.24, 2.45) is 0 Å². The molecule has 7 heteroatoms. The first-order valence-corrected chi connectivity index (χ1v) is 8.26. The molecule has 0 fully saturated rings. The van der Waals surface area contributed by atoms with Crippen molar-refractivity contribution in [1.29, 1.82) is 0 Å². The van der Waals surface area contributed by atoms with Crippen LogP contribution in [0.1, 0.15) is 15.9 Å². The summed E-state index contributed by atoms with van der Waals surface area (Å²) in [4.78, 5) is 17.2. The number of rotatable bonds is 0. The quantitative estimate of drug-likeness (QED) is 0.632. The zero-order valence-corrected chi connectivity index (χ0v) is 14.2. The highest BCUT2D eigenvalue weighted by molar-refractivity contribution is 6.05. The average molecular weight is 347 g/mol. The molecule has 4 rings (SSSR count). The maximum atomic E-state index is 12.7. The number of benzene rings is 1. The van der Waals surface area contributed by atoms with Crippen LogP contribution in [0.4, 0.5) is 5.82 Å². The summed E-state index contributed by atoms with van der Waals surface area (Å²) in [6.45, 7) is 2.93. The number of ether oxygens (including phenoxy) is 1. The number of nitrogens with zero attached hydrogens (tertiary/aromatic N) is 4. The van der Waals surface area contributed by atoms with Crippen molar-refractivity contribution in [3.8, 4) is 17.3 Å². The molecule has 1 amide bonds. The number of aryl methyl sites for hydroxylation is 1. The first-order valence-electron chi connectivity index (χ1n) is 8.26. The highest BCUT2D eigenvalue weighted by Gasteiger charge is 2.15. The van der Waals surface area contributed by atoms with E-state index in [1.807, 2.05) is 47.9 Å². The van der Waals surface area contributed by atoms with E-state index in [2.05, 4.69) is 20.5 Å². The van der Waals surface area contributed by atoms with Crippen LogP contribution in [0.15, 0.2) is 54.9 Å². The fourth-order valence-electron chi connectivity index (χ4n) is 2.73. The van der Waals surface area contributed by atoms with Crippen LogP contribution in [-0.4, -0.2) is 32.3 Å². The van der Waals surface area contributed by atoms with Gasteiger partial charge in [0.1, 0.15) is 30.2 Å². The zero-order chi connectivity index (χ0) is 17.9. The molecule has 0 unspecified atom stereocenters. The molecule has 1 aromatic carbocycles. The van der Waals surface area contributed by atoms with Gasteiger partial charge >= 0.3 is 0 Å². The van der Waals surface area contributed by atoms with Crippen LogP contribution >= 0.6 is 0 Å². The highest BCUT2D eigenvalue weighted by Crippen LogP contribution is 2.23. The summed E-state index contributed by atoms with van der Waals surface area (Å²) in [5.41, 5.74) is 2.14. The molecule has 1 aliphatic rings. The number of hydrogen-bond acceptors (Lipinski definition) is 5. The van der Waals surface area contributed by atoms with E-state index >= 15 is 0 Å². The minimum Gasteiger partial charge on any atom is -0.489 e. The van der Waals surface area contributed by atoms with Gasteiger partial charge in [0.2, 0.25) is 0 Å². The Morgan fingerprint density at radius 2 is 2.12 bits per heavy atom. The molecule has 3 aromatic rings. The fraction of sp³-hybridized carbons (Fsp3) is 0.158. The molecule has 2 bridgehead atoms. The maximum Gasteiger partial charge on any atom is 0.260 e. The first-order chi connectivity index (χ1) is 12.7. The van der Waals surface area contributed by atoms with E-state index in [4.69, 9.17) is 4.74 Å². The van der Waals surface area contributed by atoms with Gasteiger partial charge in [-0.05, 0) is 42.8 Å². The van der Waals surface area contributed by atoms with Crippen LogP contribution in [0.25, 0.3) is 11.5 Å². The Morgan fingerprint density at radius 3 is 3.04 bits per heavy atom. The lowest BCUT2D eigenvalue weighted by Gasteiger charge is -2.12. The van der Waals surface area contributed by atoms with Gasteiger partial charge in [0.15, 0.2) is 5.82 Å². The Labute approximate surface area is 150 Å². The van der Waals surface area contributed by atoms with Gasteiger partial charge in [-0.3, -0.25) is 4.79 Å². The lowest BCUT2D eigenvalue weighted by Crippen LogP contribution is -2.15. The summed E-state index contributed by atoms with van der Waals surface area (Å²) in [7, 11) is 0. The van der Waals surface area contributed by atoms with E-state index in [1.165, 1.54) is 0 Å². The van der Waals surface area contributed by atoms with E-state index in [1.54, 1.807) is 18.5 Å². The molecule has 0 atom stereocenters. The van der Waals surface area contributed by atoms with Gasteiger partial charge < -0.3 is 14.6 Å². The van der Waals surface area contributed by atoms with E-state index in [9.17, 15) is 4.79 Å². The van der Waals surface area contributed by atoms with E-state index in [0.717, 1.165) is 5.56 Å². The molecule has 0 saturated carbocycles. The molecular formula is C19H17N5O2. The van der Waals surface area contributed by atoms with Gasteiger partial charge in [-0.1, -0.05) is 18.2 Å². The predicted molar refractivity (Wildman–Crippen MR) is 97.0 cm³/mol. The number of nitrogens with one attached hydrogen (secondary N) is 1. The second kappa shape index (κ2) is 6.79. The lowest BCUT2D eigenvalue weighted by atomic mass is 10.1. The monoisotopic (exact) mass is 347 g/mol. The number of fused-ring (bicyclic) bond motifs is 5. The lowest BCUT2D eigenvalue weighted by molar-refractivity contribution is 0.102. The van der Waals surface area contributed by atoms with Gasteiger partial charge in [-0.25, -0.2) is 4.98 Å². The van der Waals surface area contributed by atoms with E-state index in [0.29, 0.717) is 41.8 Å². The third-order valence-electron chi connectivity index (χ3n) is 4.02. The van der Waals surface area contributed by atoms with Crippen molar-refractivity contribution in [1.82, 2.24) is 19.7 Å². The summed E-state index contributed by atoms with van der Waals surface area (Å²) < 4.78 is 7.68. The molecule has 130 valence electrons. The largest absolute Gasteiger partial charge is 0.489 e. The number of carbonyl (C=O) groups excluding carboxylic acids is 1. The Kier molecular flexibility index (Phi) is 4.18. The fourth-order valence-corrected chi connectivity index (χ4v) is 2.73. The Balaban J connectivity index is 1.78. The summed E-state index contributed by atoms with van der Waals surface area (Å²) in [5.74, 6) is 1.36. The van der Waals surface area contributed by atoms with Gasteiger partial charge in [0.05, 0.1) is 5.56 Å². The number of hydrogen-bond donors (Lipinski definition) is 1. The van der Waals surface area contributed by atoms with Crippen molar-refractivity contribution in [2.75, 3.05) is 11.9 Å². The number of amides is 1. The molecule has 1 aliphatic heterocycles. The van der Waals surface area contributed by atoms with Crippen molar-refractivity contribution in [2.45, 2.75) is 13.5 Å². The van der Waals surface area contributed by atoms with E-state index in [-0.39, 0.29) is 5.91 Å². The normalized spacial score (nSPS) is 15.0. The number of carbonyl (C=O) groups is 1. The summed E-state index contributed by atoms with van der Waals surface area (Å²) >= 11 is 0. The summed E-state index contributed by atoms with van der Waals surface area (Å²) in [5, 5.41) is 10.9. The number of aromatic nitrogens is 4. The van der Waals surface area contributed by atoms with Gasteiger partial charge in [0, 0.05) is 6.54 Å². The van der Waals surface area contributed by atoms with Gasteiger partial charge in [-0.15, -0.1) is 10.2 Å². The molecular weight excluding hydrogens is 330 g/mol. The molecule has 0 aliphatic carbocycles. The molecule has 3 heterocycles. The molecule has 26 heavy (non-hydrogen) atoms. The minimum atomic E-state index is -0.271. The second-order valence-electron chi connectivity index (χ2n) is 5.95. The van der Waals surface area contributed by atoms with E-state index < -0.39 is 0 Å². The molecule has 0 saturated heterocycles. The second-order valence-corrected chi connectivity index (χ2v) is 5.95. The molecule has 1 N–H and O–H groups in total. The third kappa shape index (κ3) is 3.19. The number of allylic oxidation sites excluding steroid dienone is 1. The summed E-state index contributed by atoms with van der Waals surface area (Å²) in [6, 6.07) is 10.9. The maximum absolute atomic E-state index is 12.7. The van der Waals surface area contributed by atoms with Crippen LogP contribution in [0.3, 0.4) is 0 Å². The topological polar surface area (TPSA) is 81.9 Å². The molecule has 0 radical (unpaired) electrons. The Bertz CT molecular complexity index is 993. The highest BCUT2D eigenvalue weighted by atomic mass is 16.5. The van der Waals surface area contributed by atoms with Crippen LogP contribution in [0.5, 0.6) is 5.75 Å². The first kappa shape index (κ1) is 16.0. The zero-order valence-electron chi connectivity index (χ0n) is 14.2. The summed E-state index contributed by atoms with van der Waals surface area (Å²) in [6.07, 6.45) is 5.53. The molecule has 0 spiro atoms. The van der Waals surface area contributed by atoms with Crippen molar-refractivity contribution in [3.05, 3.63) is 66.0 Å². The Hall–Kier alpha value is -3.48. The number of anilines is 1. The van der Waals surface area contributed by atoms with Crippen LogP contribution < -0.4 is 10.1 Å². The minimum absolute atomic E-state index is 0.271. The molecule has 7 nitrogen and oxygen atoms in total. The Morgan fingerprint density at radius 1 is 1.19 bits per heavy atom. The average Bonchev–Trinajstić information content (AvgIpc) is 3.09. The van der Waals surface area contributed by atoms with Crippen molar-refractivity contribution in [3.63, 3.8) is 0 Å². The van der Waals surface area contributed by atoms with Crippen molar-refractivity contribution < 1.29 is 9.53 Å². The smallest absolute Gasteiger partial charge is 0.260 e. The number of pyridine rings is 1. The van der Waals surface area contributed by atoms with Gasteiger partial charge in [0.25, 0.3) is 5.91 Å². The van der Waals surface area contributed by atoms with Crippen LogP contribution in [0, 0.1) is 6.92 Å². The third-order valence-corrected chi connectivity index (χ3v) is 4.02. The van der Waals surface area contributed by atoms with Crippen LogP contribution in [-0.2, 0) is 6.54 Å². The SMILES string of the molecule is Cc1ccc2c(c1)OC/C=C\Cn1cnnc1-c1cccc(n1)NC2=O. The standard InChI is InChI=1S/C19H17N5O2/c1-13-7-8-14-16(11-13)26-10-3-2-9-24-12-20-23-18(24)15-5-4-6-17(21-15)22-19(14)25/h2-8,11-12H,9-10H2,1H3,(H,21,22,25)/b3-2-. The van der Waals surface area contributed by atoms with Crippen LogP contribution in [0.2, 0.25) is 0 Å².